The van der Waals surface area contributed by atoms with Gasteiger partial charge in [0.05, 0.1) is 28.6 Å². The Morgan fingerprint density at radius 3 is 2.58 bits per heavy atom. The lowest BCUT2D eigenvalue weighted by Crippen LogP contribution is -2.40. The highest BCUT2D eigenvalue weighted by atomic mass is 35.5. The number of aryl methyl sites for hydroxylation is 1. The van der Waals surface area contributed by atoms with Crippen LogP contribution in [0.5, 0.6) is 0 Å². The molecule has 0 saturated carbocycles. The van der Waals surface area contributed by atoms with Crippen molar-refractivity contribution in [3.8, 4) is 0 Å². The lowest BCUT2D eigenvalue weighted by Gasteiger charge is -2.26. The molecule has 0 aliphatic carbocycles. The number of hydrogen-bond donors (Lipinski definition) is 1. The largest absolute Gasteiger partial charge is 0.452 e. The molecular formula is C20H20ClN3O8S. The summed E-state index contributed by atoms with van der Waals surface area (Å²) in [5.74, 6) is -1.76. The monoisotopic (exact) mass is 497 g/mol. The van der Waals surface area contributed by atoms with Gasteiger partial charge >= 0.3 is 5.97 Å². The smallest absolute Gasteiger partial charge is 0.338 e. The van der Waals surface area contributed by atoms with Crippen LogP contribution in [0.1, 0.15) is 15.9 Å². The molecule has 2 aromatic rings. The third-order valence-electron chi connectivity index (χ3n) is 4.78. The molecule has 1 aliphatic rings. The summed E-state index contributed by atoms with van der Waals surface area (Å²) in [4.78, 5) is 34.9. The summed E-state index contributed by atoms with van der Waals surface area (Å²) in [5.41, 5.74) is -0.142. The summed E-state index contributed by atoms with van der Waals surface area (Å²) in [6, 6.07) is 7.68. The van der Waals surface area contributed by atoms with Gasteiger partial charge in [0.25, 0.3) is 11.6 Å². The minimum atomic E-state index is -3.85. The van der Waals surface area contributed by atoms with Crippen molar-refractivity contribution in [1.29, 1.82) is 0 Å². The average Bonchev–Trinajstić information content (AvgIpc) is 2.78. The van der Waals surface area contributed by atoms with Crippen molar-refractivity contribution >= 4 is 44.9 Å². The van der Waals surface area contributed by atoms with E-state index in [0.717, 1.165) is 6.07 Å². The van der Waals surface area contributed by atoms with Crippen molar-refractivity contribution in [3.05, 3.63) is 62.7 Å². The van der Waals surface area contributed by atoms with Crippen LogP contribution in [0.25, 0.3) is 0 Å². The molecule has 1 N–H and O–H groups in total. The number of rotatable bonds is 7. The minimum absolute atomic E-state index is 0.0437. The van der Waals surface area contributed by atoms with Gasteiger partial charge in [-0.05, 0) is 36.8 Å². The molecule has 1 heterocycles. The number of amides is 1. The van der Waals surface area contributed by atoms with E-state index in [-0.39, 0.29) is 53.2 Å². The molecule has 176 valence electrons. The number of hydrogen-bond acceptors (Lipinski definition) is 8. The Morgan fingerprint density at radius 1 is 1.21 bits per heavy atom. The zero-order valence-corrected chi connectivity index (χ0v) is 19.0. The summed E-state index contributed by atoms with van der Waals surface area (Å²) in [6.45, 7) is 1.81. The predicted octanol–water partition coefficient (Wildman–Crippen LogP) is 2.37. The van der Waals surface area contributed by atoms with Crippen LogP contribution in [-0.4, -0.2) is 62.4 Å². The van der Waals surface area contributed by atoms with Gasteiger partial charge in [-0.1, -0.05) is 17.7 Å². The van der Waals surface area contributed by atoms with Gasteiger partial charge in [-0.2, -0.15) is 4.31 Å². The molecule has 1 amide bonds. The number of nitro benzene ring substituents is 1. The molecule has 0 bridgehead atoms. The molecule has 13 heteroatoms. The van der Waals surface area contributed by atoms with E-state index in [1.165, 1.54) is 34.6 Å². The van der Waals surface area contributed by atoms with Crippen molar-refractivity contribution in [2.75, 3.05) is 38.2 Å². The number of sulfonamides is 1. The van der Waals surface area contributed by atoms with Crippen molar-refractivity contribution in [3.63, 3.8) is 0 Å². The fourth-order valence-corrected chi connectivity index (χ4v) is 4.93. The Hall–Kier alpha value is -3.06. The molecule has 0 aromatic heterocycles. The number of morpholine rings is 1. The second-order valence-corrected chi connectivity index (χ2v) is 9.38. The molecular weight excluding hydrogens is 478 g/mol. The van der Waals surface area contributed by atoms with E-state index in [4.69, 9.17) is 21.1 Å². The van der Waals surface area contributed by atoms with Crippen LogP contribution in [0.4, 0.5) is 11.4 Å². The van der Waals surface area contributed by atoms with Gasteiger partial charge in [0.15, 0.2) is 6.61 Å². The Bertz CT molecular complexity index is 1200. The van der Waals surface area contributed by atoms with E-state index in [1.54, 1.807) is 6.92 Å². The fraction of sp³-hybridized carbons (Fsp3) is 0.300. The number of benzene rings is 2. The van der Waals surface area contributed by atoms with E-state index in [1.807, 2.05) is 0 Å². The molecule has 11 nitrogen and oxygen atoms in total. The summed E-state index contributed by atoms with van der Waals surface area (Å²) in [5, 5.41) is 13.5. The van der Waals surface area contributed by atoms with E-state index in [0.29, 0.717) is 5.56 Å². The van der Waals surface area contributed by atoms with Gasteiger partial charge in [-0.3, -0.25) is 14.9 Å². The molecule has 0 spiro atoms. The first kappa shape index (κ1) is 24.6. The number of anilines is 1. The maximum atomic E-state index is 13.0. The Balaban J connectivity index is 1.70. The minimum Gasteiger partial charge on any atom is -0.452 e. The van der Waals surface area contributed by atoms with Crippen molar-refractivity contribution in [2.24, 2.45) is 0 Å². The number of carbonyl (C=O) groups excluding carboxylic acids is 2. The molecule has 0 unspecified atom stereocenters. The van der Waals surface area contributed by atoms with E-state index in [9.17, 15) is 28.1 Å². The summed E-state index contributed by atoms with van der Waals surface area (Å²) < 4.78 is 37.3. The van der Waals surface area contributed by atoms with Gasteiger partial charge < -0.3 is 14.8 Å². The lowest BCUT2D eigenvalue weighted by atomic mass is 10.1. The fourth-order valence-electron chi connectivity index (χ4n) is 3.10. The summed E-state index contributed by atoms with van der Waals surface area (Å²) in [6.07, 6.45) is 0. The zero-order chi connectivity index (χ0) is 24.2. The van der Waals surface area contributed by atoms with Crippen molar-refractivity contribution < 1.29 is 32.4 Å². The highest BCUT2D eigenvalue weighted by Gasteiger charge is 2.28. The molecule has 3 rings (SSSR count). The number of esters is 1. The Kier molecular flexibility index (Phi) is 7.64. The van der Waals surface area contributed by atoms with Crippen molar-refractivity contribution in [2.45, 2.75) is 11.8 Å². The quantitative estimate of drug-likeness (QED) is 0.348. The normalized spacial score (nSPS) is 14.5. The van der Waals surface area contributed by atoms with E-state index in [2.05, 4.69) is 5.32 Å². The van der Waals surface area contributed by atoms with Crippen molar-refractivity contribution in [1.82, 2.24) is 4.31 Å². The third kappa shape index (κ3) is 5.85. The molecule has 2 aromatic carbocycles. The van der Waals surface area contributed by atoms with Crippen LogP contribution in [0.15, 0.2) is 41.3 Å². The maximum Gasteiger partial charge on any atom is 0.338 e. The maximum absolute atomic E-state index is 13.0. The second-order valence-electron chi connectivity index (χ2n) is 7.04. The van der Waals surface area contributed by atoms with Gasteiger partial charge in [-0.15, -0.1) is 0 Å². The highest BCUT2D eigenvalue weighted by Crippen LogP contribution is 2.27. The average molecular weight is 498 g/mol. The number of ether oxygens (including phenoxy) is 2. The first-order valence-corrected chi connectivity index (χ1v) is 11.5. The van der Waals surface area contributed by atoms with Crippen LogP contribution < -0.4 is 5.32 Å². The van der Waals surface area contributed by atoms with Gasteiger partial charge in [0, 0.05) is 24.2 Å². The van der Waals surface area contributed by atoms with Crippen LogP contribution in [-0.2, 0) is 24.3 Å². The standard InChI is InChI=1S/C20H20ClN3O8S/c1-13-2-3-14(10-18(13)33(29,30)23-6-8-31-9-7-23)20(26)32-12-19(25)22-16-11-15(21)4-5-17(16)24(27)28/h2-5,10-11H,6-9,12H2,1H3,(H,22,25). The van der Waals surface area contributed by atoms with Gasteiger partial charge in [0.1, 0.15) is 5.69 Å². The summed E-state index contributed by atoms with van der Waals surface area (Å²) >= 11 is 5.81. The first-order chi connectivity index (χ1) is 15.6. The molecule has 33 heavy (non-hydrogen) atoms. The number of nitrogens with one attached hydrogen (secondary N) is 1. The lowest BCUT2D eigenvalue weighted by molar-refractivity contribution is -0.383. The summed E-state index contributed by atoms with van der Waals surface area (Å²) in [7, 11) is -3.85. The topological polar surface area (TPSA) is 145 Å². The number of nitro groups is 1. The van der Waals surface area contributed by atoms with Crippen LogP contribution in [0.3, 0.4) is 0 Å². The molecule has 1 aliphatic heterocycles. The molecule has 1 fully saturated rings. The highest BCUT2D eigenvalue weighted by molar-refractivity contribution is 7.89. The number of carbonyl (C=O) groups is 2. The SMILES string of the molecule is Cc1ccc(C(=O)OCC(=O)Nc2cc(Cl)ccc2[N+](=O)[O-])cc1S(=O)(=O)N1CCOCC1. The Morgan fingerprint density at radius 2 is 1.91 bits per heavy atom. The zero-order valence-electron chi connectivity index (χ0n) is 17.4. The predicted molar refractivity (Wildman–Crippen MR) is 118 cm³/mol. The van der Waals surface area contributed by atoms with Gasteiger partial charge in [-0.25, -0.2) is 13.2 Å². The molecule has 1 saturated heterocycles. The van der Waals surface area contributed by atoms with Gasteiger partial charge in [0.2, 0.25) is 10.0 Å². The van der Waals surface area contributed by atoms with Crippen LogP contribution in [0, 0.1) is 17.0 Å². The van der Waals surface area contributed by atoms with E-state index >= 15 is 0 Å². The Labute approximate surface area is 194 Å². The number of halogens is 1. The van der Waals surface area contributed by atoms with E-state index < -0.39 is 33.4 Å². The van der Waals surface area contributed by atoms with Crippen LogP contribution in [0.2, 0.25) is 5.02 Å². The molecule has 0 atom stereocenters. The number of nitrogens with zero attached hydrogens (tertiary/aromatic N) is 2. The van der Waals surface area contributed by atoms with Crippen LogP contribution >= 0.6 is 11.6 Å². The third-order valence-corrected chi connectivity index (χ3v) is 7.05. The second kappa shape index (κ2) is 10.3. The first-order valence-electron chi connectivity index (χ1n) is 9.69. The molecule has 0 radical (unpaired) electrons.